The molecule has 0 aliphatic heterocycles. The van der Waals surface area contributed by atoms with Crippen LogP contribution in [0.5, 0.6) is 5.75 Å². The first-order chi connectivity index (χ1) is 13.7. The molecular weight excluding hydrogens is 368 g/mol. The third kappa shape index (κ3) is 5.08. The maximum atomic E-state index is 12.4. The highest BCUT2D eigenvalue weighted by Gasteiger charge is 2.23. The normalized spacial score (nSPS) is 12.1. The van der Waals surface area contributed by atoms with Gasteiger partial charge in [0.15, 0.2) is 5.56 Å². The molecule has 29 heavy (non-hydrogen) atoms. The van der Waals surface area contributed by atoms with Crippen LogP contribution in [-0.2, 0) is 14.1 Å². The van der Waals surface area contributed by atoms with Crippen molar-refractivity contribution in [2.45, 2.75) is 40.2 Å². The zero-order chi connectivity index (χ0) is 21.7. The summed E-state index contributed by atoms with van der Waals surface area (Å²) in [6.45, 7) is 8.95. The Balaban J connectivity index is 2.57. The van der Waals surface area contributed by atoms with Gasteiger partial charge in [0.2, 0.25) is 0 Å². The lowest BCUT2D eigenvalue weighted by molar-refractivity contribution is 0.267. The SMILES string of the molecule is CC(C)COc1ccccc1[C@H](CC(C)C)Nc1c(C#N)c(=O)n(C)c(=O)n1C. The second kappa shape index (κ2) is 9.46. The Morgan fingerprint density at radius 3 is 2.31 bits per heavy atom. The van der Waals surface area contributed by atoms with E-state index in [1.807, 2.05) is 30.3 Å². The standard InChI is InChI=1S/C22H30N4O3/c1-14(2)11-18(16-9-7-8-10-19(16)29-13-15(3)4)24-20-17(12-23)21(27)26(6)22(28)25(20)5/h7-10,14-15,18,24H,11,13H2,1-6H3/t18-/m0/s1. The zero-order valence-electron chi connectivity index (χ0n) is 18.0. The number of nitrogens with one attached hydrogen (secondary N) is 1. The summed E-state index contributed by atoms with van der Waals surface area (Å²) in [7, 11) is 2.93. The third-order valence-electron chi connectivity index (χ3n) is 4.66. The molecule has 0 saturated carbocycles. The molecule has 0 spiro atoms. The van der Waals surface area contributed by atoms with E-state index in [0.717, 1.165) is 22.3 Å². The monoisotopic (exact) mass is 398 g/mol. The third-order valence-corrected chi connectivity index (χ3v) is 4.66. The molecule has 0 unspecified atom stereocenters. The highest BCUT2D eigenvalue weighted by molar-refractivity contribution is 5.53. The Bertz CT molecular complexity index is 1010. The van der Waals surface area contributed by atoms with Gasteiger partial charge < -0.3 is 10.1 Å². The fraction of sp³-hybridized carbons (Fsp3) is 0.500. The van der Waals surface area contributed by atoms with E-state index >= 15 is 0 Å². The van der Waals surface area contributed by atoms with Gasteiger partial charge in [-0.25, -0.2) is 4.79 Å². The molecule has 0 aliphatic carbocycles. The van der Waals surface area contributed by atoms with Gasteiger partial charge in [0.25, 0.3) is 5.56 Å². The van der Waals surface area contributed by atoms with Crippen LogP contribution in [0.2, 0.25) is 0 Å². The number of nitrogens with zero attached hydrogens (tertiary/aromatic N) is 3. The number of benzene rings is 1. The molecule has 7 heteroatoms. The Labute approximate surface area is 171 Å². The predicted molar refractivity (Wildman–Crippen MR) is 114 cm³/mol. The molecular formula is C22H30N4O3. The van der Waals surface area contributed by atoms with Crippen molar-refractivity contribution in [2.75, 3.05) is 11.9 Å². The lowest BCUT2D eigenvalue weighted by Crippen LogP contribution is -2.40. The minimum atomic E-state index is -0.606. The number of ether oxygens (including phenoxy) is 1. The van der Waals surface area contributed by atoms with Crippen molar-refractivity contribution in [2.24, 2.45) is 25.9 Å². The van der Waals surface area contributed by atoms with Crippen LogP contribution in [0.3, 0.4) is 0 Å². The first-order valence-electron chi connectivity index (χ1n) is 9.85. The molecule has 1 aromatic heterocycles. The van der Waals surface area contributed by atoms with E-state index < -0.39 is 11.2 Å². The quantitative estimate of drug-likeness (QED) is 0.738. The molecule has 0 radical (unpaired) electrons. The minimum absolute atomic E-state index is 0.0797. The van der Waals surface area contributed by atoms with E-state index in [9.17, 15) is 14.9 Å². The van der Waals surface area contributed by atoms with E-state index in [1.54, 1.807) is 7.05 Å². The van der Waals surface area contributed by atoms with Gasteiger partial charge in [0.05, 0.1) is 12.6 Å². The van der Waals surface area contributed by atoms with Crippen LogP contribution >= 0.6 is 0 Å². The van der Waals surface area contributed by atoms with Crippen molar-refractivity contribution >= 4 is 5.82 Å². The average molecular weight is 399 g/mol. The lowest BCUT2D eigenvalue weighted by Gasteiger charge is -2.26. The Kier molecular flexibility index (Phi) is 7.27. The number of hydrogen-bond acceptors (Lipinski definition) is 5. The molecule has 2 aromatic rings. The molecule has 1 atom stereocenters. The molecule has 0 fully saturated rings. The summed E-state index contributed by atoms with van der Waals surface area (Å²) >= 11 is 0. The summed E-state index contributed by atoms with van der Waals surface area (Å²) in [5.41, 5.74) is -0.238. The van der Waals surface area contributed by atoms with E-state index in [-0.39, 0.29) is 17.4 Å². The summed E-state index contributed by atoms with van der Waals surface area (Å²) in [5, 5.41) is 12.9. The number of nitriles is 1. The molecule has 156 valence electrons. The molecule has 0 saturated heterocycles. The van der Waals surface area contributed by atoms with Crippen LogP contribution in [0.1, 0.15) is 51.3 Å². The molecule has 1 N–H and O–H groups in total. The summed E-state index contributed by atoms with van der Waals surface area (Å²) in [5.74, 6) is 1.69. The van der Waals surface area contributed by atoms with E-state index in [4.69, 9.17) is 4.74 Å². The molecule has 0 aliphatic rings. The molecule has 2 rings (SSSR count). The van der Waals surface area contributed by atoms with Crippen molar-refractivity contribution in [3.8, 4) is 11.8 Å². The van der Waals surface area contributed by atoms with Gasteiger partial charge in [-0.15, -0.1) is 0 Å². The molecule has 1 aromatic carbocycles. The molecule has 0 bridgehead atoms. The van der Waals surface area contributed by atoms with Gasteiger partial charge >= 0.3 is 5.69 Å². The average Bonchev–Trinajstić information content (AvgIpc) is 2.68. The van der Waals surface area contributed by atoms with Gasteiger partial charge in [-0.2, -0.15) is 5.26 Å². The first-order valence-corrected chi connectivity index (χ1v) is 9.85. The van der Waals surface area contributed by atoms with Crippen LogP contribution in [0.25, 0.3) is 0 Å². The molecule has 1 heterocycles. The van der Waals surface area contributed by atoms with Crippen LogP contribution < -0.4 is 21.3 Å². The predicted octanol–water partition coefficient (Wildman–Crippen LogP) is 3.19. The van der Waals surface area contributed by atoms with Crippen molar-refractivity contribution in [1.82, 2.24) is 9.13 Å². The van der Waals surface area contributed by atoms with Crippen molar-refractivity contribution < 1.29 is 4.74 Å². The van der Waals surface area contributed by atoms with Gasteiger partial charge in [-0.05, 0) is 24.3 Å². The largest absolute Gasteiger partial charge is 0.493 e. The number of para-hydroxylation sites is 1. The van der Waals surface area contributed by atoms with Crippen LogP contribution in [0.15, 0.2) is 33.9 Å². The second-order valence-corrected chi connectivity index (χ2v) is 8.11. The fourth-order valence-corrected chi connectivity index (χ4v) is 3.17. The van der Waals surface area contributed by atoms with Crippen LogP contribution in [0, 0.1) is 23.2 Å². The van der Waals surface area contributed by atoms with E-state index in [0.29, 0.717) is 18.4 Å². The van der Waals surface area contributed by atoms with Crippen LogP contribution in [-0.4, -0.2) is 15.7 Å². The first kappa shape index (κ1) is 22.3. The lowest BCUT2D eigenvalue weighted by atomic mass is 9.96. The summed E-state index contributed by atoms with van der Waals surface area (Å²) in [4.78, 5) is 24.9. The fourth-order valence-electron chi connectivity index (χ4n) is 3.17. The Morgan fingerprint density at radius 2 is 1.72 bits per heavy atom. The summed E-state index contributed by atoms with van der Waals surface area (Å²) in [6, 6.07) is 9.46. The van der Waals surface area contributed by atoms with Crippen molar-refractivity contribution in [3.63, 3.8) is 0 Å². The molecule has 7 nitrogen and oxygen atoms in total. The highest BCUT2D eigenvalue weighted by atomic mass is 16.5. The highest BCUT2D eigenvalue weighted by Crippen LogP contribution is 2.32. The number of anilines is 1. The van der Waals surface area contributed by atoms with Gasteiger partial charge in [-0.3, -0.25) is 13.9 Å². The van der Waals surface area contributed by atoms with E-state index in [2.05, 4.69) is 33.0 Å². The topological polar surface area (TPSA) is 89.1 Å². The minimum Gasteiger partial charge on any atom is -0.493 e. The van der Waals surface area contributed by atoms with Crippen molar-refractivity contribution in [1.29, 1.82) is 5.26 Å². The number of hydrogen-bond donors (Lipinski definition) is 1. The van der Waals surface area contributed by atoms with Crippen molar-refractivity contribution in [3.05, 3.63) is 56.2 Å². The second-order valence-electron chi connectivity index (χ2n) is 8.11. The molecule has 0 amide bonds. The smallest absolute Gasteiger partial charge is 0.332 e. The van der Waals surface area contributed by atoms with Gasteiger partial charge in [0, 0.05) is 19.7 Å². The van der Waals surface area contributed by atoms with Gasteiger partial charge in [0.1, 0.15) is 17.6 Å². The summed E-state index contributed by atoms with van der Waals surface area (Å²) < 4.78 is 8.27. The maximum Gasteiger partial charge on any atom is 0.332 e. The maximum absolute atomic E-state index is 12.4. The number of rotatable bonds is 8. The zero-order valence-corrected chi connectivity index (χ0v) is 18.0. The van der Waals surface area contributed by atoms with Crippen LogP contribution in [0.4, 0.5) is 5.82 Å². The van der Waals surface area contributed by atoms with E-state index in [1.165, 1.54) is 11.6 Å². The Hall–Kier alpha value is -3.01. The number of aromatic nitrogens is 2. The summed E-state index contributed by atoms with van der Waals surface area (Å²) in [6.07, 6.45) is 0.732. The van der Waals surface area contributed by atoms with Gasteiger partial charge in [-0.1, -0.05) is 45.9 Å². The Morgan fingerprint density at radius 1 is 1.07 bits per heavy atom.